The van der Waals surface area contributed by atoms with Crippen LogP contribution in [0, 0.1) is 3.57 Å². The molecule has 0 aliphatic heterocycles. The van der Waals surface area contributed by atoms with E-state index in [2.05, 4.69) is 22.6 Å². The van der Waals surface area contributed by atoms with Crippen molar-refractivity contribution in [1.82, 2.24) is 0 Å². The van der Waals surface area contributed by atoms with Crippen LogP contribution in [0.1, 0.15) is 5.56 Å². The molecule has 3 aromatic rings. The fraction of sp³-hybridized carbons (Fsp3) is 0.0526. The predicted molar refractivity (Wildman–Crippen MR) is 99.2 cm³/mol. The summed E-state index contributed by atoms with van der Waals surface area (Å²) in [5.41, 5.74) is -0.620. The highest BCUT2D eigenvalue weighted by molar-refractivity contribution is 14.1. The van der Waals surface area contributed by atoms with Gasteiger partial charge in [-0.15, -0.1) is 0 Å². The number of hydrogen-bond donors (Lipinski definition) is 0. The second-order valence-corrected chi connectivity index (χ2v) is 8.37. The highest BCUT2D eigenvalue weighted by atomic mass is 127. The zero-order valence-electron chi connectivity index (χ0n) is 12.4. The summed E-state index contributed by atoms with van der Waals surface area (Å²) in [5.74, 6) is 0. The van der Waals surface area contributed by atoms with Crippen LogP contribution >= 0.6 is 22.6 Å². The maximum atomic E-state index is 12.8. The summed E-state index contributed by atoms with van der Waals surface area (Å²) in [6.45, 7) is 0. The molecule has 0 amide bonds. The van der Waals surface area contributed by atoms with E-state index in [-0.39, 0.29) is 0 Å². The zero-order valence-corrected chi connectivity index (χ0v) is 15.4. The molecule has 3 rings (SSSR count). The van der Waals surface area contributed by atoms with Gasteiger partial charge in [-0.1, -0.05) is 18.2 Å². The van der Waals surface area contributed by atoms with E-state index in [0.717, 1.165) is 30.4 Å². The molecular weight excluding hydrogens is 444 g/mol. The van der Waals surface area contributed by atoms with Crippen molar-refractivity contribution in [3.8, 4) is 0 Å². The molecule has 0 aromatic heterocycles. The topological polar surface area (TPSA) is 0 Å². The molecule has 0 aliphatic rings. The van der Waals surface area contributed by atoms with Gasteiger partial charge in [-0.2, -0.15) is 13.2 Å². The third-order valence-electron chi connectivity index (χ3n) is 3.45. The van der Waals surface area contributed by atoms with Gasteiger partial charge in [-0.3, -0.25) is 0 Å². The van der Waals surface area contributed by atoms with Crippen molar-refractivity contribution in [2.75, 3.05) is 0 Å². The van der Waals surface area contributed by atoms with Crippen LogP contribution < -0.4 is 0 Å². The first-order chi connectivity index (χ1) is 11.4. The molecule has 0 nitrogen and oxygen atoms in total. The summed E-state index contributed by atoms with van der Waals surface area (Å²) >= 11 is 2.24. The number of rotatable bonds is 3. The predicted octanol–water partition coefficient (Wildman–Crippen LogP) is 6.41. The maximum absolute atomic E-state index is 12.8. The van der Waals surface area contributed by atoms with Gasteiger partial charge in [0, 0.05) is 3.57 Å². The zero-order chi connectivity index (χ0) is 17.2. The van der Waals surface area contributed by atoms with Crippen LogP contribution in [-0.4, -0.2) is 0 Å². The molecule has 0 radical (unpaired) electrons. The maximum Gasteiger partial charge on any atom is 0.416 e. The minimum Gasteiger partial charge on any atom is -0.166 e. The summed E-state index contributed by atoms with van der Waals surface area (Å²) in [6, 6.07) is 23.4. The summed E-state index contributed by atoms with van der Waals surface area (Å²) in [6.07, 6.45) is -4.31. The Morgan fingerprint density at radius 3 is 1.58 bits per heavy atom. The average molecular weight is 457 g/mol. The Bertz CT molecular complexity index is 797. The van der Waals surface area contributed by atoms with E-state index < -0.39 is 22.6 Å². The van der Waals surface area contributed by atoms with E-state index in [0.29, 0.717) is 0 Å². The summed E-state index contributed by atoms with van der Waals surface area (Å²) < 4.78 is 39.6. The van der Waals surface area contributed by atoms with Crippen molar-refractivity contribution in [1.29, 1.82) is 0 Å². The smallest absolute Gasteiger partial charge is 0.166 e. The Balaban J connectivity index is 2.06. The summed E-state index contributed by atoms with van der Waals surface area (Å²) in [5, 5.41) is 0. The van der Waals surface area contributed by atoms with E-state index in [1.165, 1.54) is 0 Å². The van der Waals surface area contributed by atoms with Crippen LogP contribution in [0.4, 0.5) is 13.2 Å². The number of benzene rings is 3. The second kappa shape index (κ2) is 7.19. The second-order valence-electron chi connectivity index (χ2n) is 5.10. The van der Waals surface area contributed by atoms with Crippen molar-refractivity contribution >= 4 is 33.5 Å². The van der Waals surface area contributed by atoms with Crippen LogP contribution in [-0.2, 0) is 17.1 Å². The standard InChI is InChI=1S/C19H13F3IS/c20-19(21,22)14-6-10-17(11-7-14)24(16-4-2-1-3-5-16)18-12-8-15(23)9-13-18/h1-13H/q+1. The van der Waals surface area contributed by atoms with Gasteiger partial charge in [0.2, 0.25) is 0 Å². The van der Waals surface area contributed by atoms with Gasteiger partial charge in [-0.25, -0.2) is 0 Å². The Kier molecular flexibility index (Phi) is 5.20. The van der Waals surface area contributed by atoms with Crippen molar-refractivity contribution in [2.24, 2.45) is 0 Å². The fourth-order valence-corrected chi connectivity index (χ4v) is 4.74. The van der Waals surface area contributed by atoms with Crippen LogP contribution in [0.5, 0.6) is 0 Å². The molecule has 24 heavy (non-hydrogen) atoms. The Morgan fingerprint density at radius 2 is 1.08 bits per heavy atom. The lowest BCUT2D eigenvalue weighted by atomic mass is 10.2. The van der Waals surface area contributed by atoms with Gasteiger partial charge in [0.1, 0.15) is 0 Å². The number of hydrogen-bond acceptors (Lipinski definition) is 0. The first kappa shape index (κ1) is 17.4. The largest absolute Gasteiger partial charge is 0.416 e. The van der Waals surface area contributed by atoms with Crippen LogP contribution in [0.3, 0.4) is 0 Å². The molecule has 0 fully saturated rings. The van der Waals surface area contributed by atoms with Crippen molar-refractivity contribution < 1.29 is 13.2 Å². The molecule has 0 heterocycles. The number of halogens is 4. The molecule has 1 atom stereocenters. The van der Waals surface area contributed by atoms with Gasteiger partial charge < -0.3 is 0 Å². The molecule has 122 valence electrons. The molecule has 0 bridgehead atoms. The molecule has 0 saturated heterocycles. The Labute approximate surface area is 155 Å². The normalized spacial score (nSPS) is 12.8. The van der Waals surface area contributed by atoms with Gasteiger partial charge in [0.15, 0.2) is 14.7 Å². The van der Waals surface area contributed by atoms with E-state index in [1.54, 1.807) is 12.1 Å². The minimum absolute atomic E-state index is 0.429. The molecule has 1 unspecified atom stereocenters. The Morgan fingerprint density at radius 1 is 0.625 bits per heavy atom. The molecule has 3 aromatic carbocycles. The highest BCUT2D eigenvalue weighted by Crippen LogP contribution is 2.34. The third-order valence-corrected chi connectivity index (χ3v) is 6.40. The lowest BCUT2D eigenvalue weighted by molar-refractivity contribution is -0.137. The lowest BCUT2D eigenvalue weighted by Gasteiger charge is -2.10. The monoisotopic (exact) mass is 457 g/mol. The third kappa shape index (κ3) is 3.95. The minimum atomic E-state index is -4.31. The van der Waals surface area contributed by atoms with E-state index in [9.17, 15) is 13.2 Å². The van der Waals surface area contributed by atoms with Gasteiger partial charge in [0.25, 0.3) is 0 Å². The molecule has 0 aliphatic carbocycles. The lowest BCUT2D eigenvalue weighted by Crippen LogP contribution is -2.07. The van der Waals surface area contributed by atoms with E-state index in [1.807, 2.05) is 54.6 Å². The van der Waals surface area contributed by atoms with Crippen LogP contribution in [0.15, 0.2) is 93.5 Å². The van der Waals surface area contributed by atoms with Gasteiger partial charge in [-0.05, 0) is 83.3 Å². The van der Waals surface area contributed by atoms with E-state index >= 15 is 0 Å². The SMILES string of the molecule is FC(F)(F)c1ccc([S+](c2ccccc2)c2ccc(I)cc2)cc1. The highest BCUT2D eigenvalue weighted by Gasteiger charge is 2.33. The first-order valence-electron chi connectivity index (χ1n) is 7.17. The summed E-state index contributed by atoms with van der Waals surface area (Å²) in [4.78, 5) is 3.04. The first-order valence-corrected chi connectivity index (χ1v) is 9.48. The molecular formula is C19H13F3IS+. The Hall–Kier alpha value is -1.47. The van der Waals surface area contributed by atoms with Crippen molar-refractivity contribution in [3.63, 3.8) is 0 Å². The van der Waals surface area contributed by atoms with E-state index in [4.69, 9.17) is 0 Å². The average Bonchev–Trinajstić information content (AvgIpc) is 2.58. The summed E-state index contributed by atoms with van der Waals surface area (Å²) in [7, 11) is -0.429. The van der Waals surface area contributed by atoms with Crippen LogP contribution in [0.2, 0.25) is 0 Å². The fourth-order valence-electron chi connectivity index (χ4n) is 2.32. The van der Waals surface area contributed by atoms with Crippen molar-refractivity contribution in [3.05, 3.63) is 88.0 Å². The van der Waals surface area contributed by atoms with Crippen LogP contribution in [0.25, 0.3) is 0 Å². The quantitative estimate of drug-likeness (QED) is 0.315. The molecule has 0 saturated carbocycles. The van der Waals surface area contributed by atoms with Gasteiger partial charge >= 0.3 is 6.18 Å². The van der Waals surface area contributed by atoms with Crippen molar-refractivity contribution in [2.45, 2.75) is 20.9 Å². The van der Waals surface area contributed by atoms with Gasteiger partial charge in [0.05, 0.1) is 16.5 Å². The number of alkyl halides is 3. The molecule has 0 N–H and O–H groups in total. The molecule has 0 spiro atoms. The molecule has 5 heteroatoms.